The van der Waals surface area contributed by atoms with Crippen molar-refractivity contribution in [3.8, 4) is 11.3 Å². The number of hydrogen-bond donors (Lipinski definition) is 0. The molecule has 1 amide bonds. The Morgan fingerprint density at radius 3 is 2.58 bits per heavy atom. The Morgan fingerprint density at radius 2 is 1.81 bits per heavy atom. The van der Waals surface area contributed by atoms with Gasteiger partial charge in [0.15, 0.2) is 0 Å². The van der Waals surface area contributed by atoms with E-state index in [1.54, 1.807) is 11.8 Å². The number of carbonyl (C=O) groups is 1. The van der Waals surface area contributed by atoms with Gasteiger partial charge in [-0.05, 0) is 62.3 Å². The Morgan fingerprint density at radius 1 is 1.04 bits per heavy atom. The summed E-state index contributed by atoms with van der Waals surface area (Å²) >= 11 is 7.61. The van der Waals surface area contributed by atoms with Gasteiger partial charge in [-0.25, -0.2) is 0 Å². The maximum atomic E-state index is 12.4. The predicted molar refractivity (Wildman–Crippen MR) is 106 cm³/mol. The molecule has 0 aliphatic carbocycles. The fourth-order valence-corrected chi connectivity index (χ4v) is 4.90. The van der Waals surface area contributed by atoms with Crippen molar-refractivity contribution < 1.29 is 9.21 Å². The number of likely N-dealkylation sites (tertiary alicyclic amines) is 1. The van der Waals surface area contributed by atoms with Crippen molar-refractivity contribution in [2.24, 2.45) is 0 Å². The van der Waals surface area contributed by atoms with Crippen LogP contribution in [0.4, 0.5) is 0 Å². The Balaban J connectivity index is 1.45. The fraction of sp³-hybridized carbons (Fsp3) is 0.450. The molecule has 0 spiro atoms. The largest absolute Gasteiger partial charge is 0.458 e. The highest BCUT2D eigenvalue weighted by molar-refractivity contribution is 8.00. The van der Waals surface area contributed by atoms with Crippen LogP contribution in [-0.4, -0.2) is 47.6 Å². The summed E-state index contributed by atoms with van der Waals surface area (Å²) in [7, 11) is 0. The molecule has 26 heavy (non-hydrogen) atoms. The molecule has 2 aromatic rings. The van der Waals surface area contributed by atoms with E-state index in [1.807, 2.05) is 41.3 Å². The van der Waals surface area contributed by atoms with Crippen LogP contribution in [0.2, 0.25) is 5.02 Å². The summed E-state index contributed by atoms with van der Waals surface area (Å²) in [4.78, 5) is 16.8. The topological polar surface area (TPSA) is 36.7 Å². The van der Waals surface area contributed by atoms with Crippen molar-refractivity contribution in [2.75, 3.05) is 31.9 Å². The molecule has 4 nitrogen and oxygen atoms in total. The molecule has 1 aromatic heterocycles. The van der Waals surface area contributed by atoms with Gasteiger partial charge in [-0.3, -0.25) is 4.79 Å². The summed E-state index contributed by atoms with van der Waals surface area (Å²) < 4.78 is 6.09. The minimum atomic E-state index is -0.0201. The summed E-state index contributed by atoms with van der Waals surface area (Å²) in [5, 5.41) is 0.690. The lowest BCUT2D eigenvalue weighted by atomic mass is 10.1. The maximum absolute atomic E-state index is 12.4. The molecule has 0 saturated carbocycles. The van der Waals surface area contributed by atoms with Crippen LogP contribution in [0.25, 0.3) is 11.3 Å². The van der Waals surface area contributed by atoms with Crippen LogP contribution in [0.15, 0.2) is 40.8 Å². The summed E-state index contributed by atoms with van der Waals surface area (Å²) in [6.07, 6.45) is 3.88. The van der Waals surface area contributed by atoms with Gasteiger partial charge in [-0.1, -0.05) is 18.0 Å². The maximum Gasteiger partial charge on any atom is 0.233 e. The Hall–Kier alpha value is -1.43. The number of nitrogens with zero attached hydrogens (tertiary/aromatic N) is 2. The van der Waals surface area contributed by atoms with E-state index in [9.17, 15) is 4.79 Å². The molecule has 3 heterocycles. The number of hydrogen-bond acceptors (Lipinski definition) is 4. The average molecular weight is 391 g/mol. The van der Waals surface area contributed by atoms with Crippen molar-refractivity contribution in [3.63, 3.8) is 0 Å². The quantitative estimate of drug-likeness (QED) is 0.744. The summed E-state index contributed by atoms with van der Waals surface area (Å²) in [6.45, 7) is 4.03. The minimum absolute atomic E-state index is 0.0201. The zero-order valence-corrected chi connectivity index (χ0v) is 16.3. The molecule has 1 atom stereocenters. The Bertz CT molecular complexity index is 755. The third kappa shape index (κ3) is 3.95. The number of amides is 1. The molecule has 6 heteroatoms. The van der Waals surface area contributed by atoms with Crippen LogP contribution in [0.3, 0.4) is 0 Å². The number of furan rings is 1. The van der Waals surface area contributed by atoms with Crippen molar-refractivity contribution in [1.82, 2.24) is 9.80 Å². The van der Waals surface area contributed by atoms with E-state index in [4.69, 9.17) is 16.0 Å². The van der Waals surface area contributed by atoms with E-state index in [1.165, 1.54) is 19.3 Å². The van der Waals surface area contributed by atoms with Crippen molar-refractivity contribution >= 4 is 29.3 Å². The number of halogens is 1. The van der Waals surface area contributed by atoms with Gasteiger partial charge in [0.05, 0.1) is 5.75 Å². The van der Waals surface area contributed by atoms with E-state index < -0.39 is 0 Å². The van der Waals surface area contributed by atoms with Gasteiger partial charge in [-0.2, -0.15) is 0 Å². The summed E-state index contributed by atoms with van der Waals surface area (Å²) in [5.41, 5.74) is 0.995. The van der Waals surface area contributed by atoms with Gasteiger partial charge in [0.2, 0.25) is 5.91 Å². The first-order chi connectivity index (χ1) is 12.7. The lowest BCUT2D eigenvalue weighted by molar-refractivity contribution is -0.128. The number of rotatable bonds is 5. The minimum Gasteiger partial charge on any atom is -0.458 e. The van der Waals surface area contributed by atoms with E-state index in [2.05, 4.69) is 4.90 Å². The van der Waals surface area contributed by atoms with E-state index in [-0.39, 0.29) is 11.3 Å². The van der Waals surface area contributed by atoms with Gasteiger partial charge in [0, 0.05) is 23.7 Å². The predicted octanol–water partition coefficient (Wildman–Crippen LogP) is 4.66. The molecule has 0 bridgehead atoms. The Labute approximate surface area is 163 Å². The zero-order valence-electron chi connectivity index (χ0n) is 14.7. The SMILES string of the molecule is O=C1CSC(c2ccc(-c3ccc(Cl)cc3)o2)N1CCN1CCCCC1. The van der Waals surface area contributed by atoms with E-state index >= 15 is 0 Å². The third-order valence-corrected chi connectivity index (χ3v) is 6.54. The van der Waals surface area contributed by atoms with Crippen LogP contribution in [0, 0.1) is 0 Å². The van der Waals surface area contributed by atoms with Gasteiger partial charge in [-0.15, -0.1) is 11.8 Å². The summed E-state index contributed by atoms with van der Waals surface area (Å²) in [6, 6.07) is 11.6. The second-order valence-corrected chi connectivity index (χ2v) is 8.37. The summed E-state index contributed by atoms with van der Waals surface area (Å²) in [5.74, 6) is 2.40. The molecular formula is C20H23ClN2O2S. The zero-order chi connectivity index (χ0) is 17.9. The van der Waals surface area contributed by atoms with Gasteiger partial charge >= 0.3 is 0 Å². The fourth-order valence-electron chi connectivity index (χ4n) is 3.62. The average Bonchev–Trinajstić information content (AvgIpc) is 3.28. The lowest BCUT2D eigenvalue weighted by Crippen LogP contribution is -2.39. The molecule has 1 unspecified atom stereocenters. The van der Waals surface area contributed by atoms with Crippen molar-refractivity contribution in [1.29, 1.82) is 0 Å². The first-order valence-electron chi connectivity index (χ1n) is 9.20. The number of benzene rings is 1. The molecule has 2 saturated heterocycles. The molecule has 2 aliphatic heterocycles. The third-order valence-electron chi connectivity index (χ3n) is 5.07. The number of piperidine rings is 1. The highest BCUT2D eigenvalue weighted by atomic mass is 35.5. The molecule has 2 aliphatic rings. The van der Waals surface area contributed by atoms with Crippen LogP contribution in [0.1, 0.15) is 30.4 Å². The monoisotopic (exact) mass is 390 g/mol. The second kappa shape index (κ2) is 8.07. The van der Waals surface area contributed by atoms with Crippen LogP contribution in [-0.2, 0) is 4.79 Å². The first kappa shape index (κ1) is 18.0. The smallest absolute Gasteiger partial charge is 0.233 e. The van der Waals surface area contributed by atoms with Crippen molar-refractivity contribution in [3.05, 3.63) is 47.2 Å². The van der Waals surface area contributed by atoms with Crippen molar-refractivity contribution in [2.45, 2.75) is 24.6 Å². The van der Waals surface area contributed by atoms with Gasteiger partial charge < -0.3 is 14.2 Å². The number of carbonyl (C=O) groups excluding carboxylic acids is 1. The molecule has 2 fully saturated rings. The van der Waals surface area contributed by atoms with E-state index in [0.29, 0.717) is 10.8 Å². The second-order valence-electron chi connectivity index (χ2n) is 6.86. The molecule has 4 rings (SSSR count). The standard InChI is InChI=1S/C20H23ClN2O2S/c21-16-6-4-15(5-7-16)17-8-9-18(25-17)20-23(19(24)14-26-20)13-12-22-10-2-1-3-11-22/h4-9,20H,1-3,10-14H2. The van der Waals surface area contributed by atoms with Crippen LogP contribution in [0.5, 0.6) is 0 Å². The van der Waals surface area contributed by atoms with Gasteiger partial charge in [0.25, 0.3) is 0 Å². The molecule has 138 valence electrons. The highest BCUT2D eigenvalue weighted by Crippen LogP contribution is 2.40. The normalized spacial score (nSPS) is 21.5. The molecular weight excluding hydrogens is 368 g/mol. The van der Waals surface area contributed by atoms with Crippen LogP contribution < -0.4 is 0 Å². The number of thioether (sulfide) groups is 1. The van der Waals surface area contributed by atoms with Gasteiger partial charge in [0.1, 0.15) is 16.9 Å². The molecule has 0 radical (unpaired) electrons. The Kier molecular flexibility index (Phi) is 5.57. The van der Waals surface area contributed by atoms with Crippen LogP contribution >= 0.6 is 23.4 Å². The lowest BCUT2D eigenvalue weighted by Gasteiger charge is -2.30. The van der Waals surface area contributed by atoms with E-state index in [0.717, 1.165) is 43.3 Å². The first-order valence-corrected chi connectivity index (χ1v) is 10.6. The molecule has 1 aromatic carbocycles. The molecule has 0 N–H and O–H groups in total. The highest BCUT2D eigenvalue weighted by Gasteiger charge is 2.35.